The molecule has 0 N–H and O–H groups in total. The van der Waals surface area contributed by atoms with E-state index in [4.69, 9.17) is 11.6 Å². The molecule has 0 aliphatic heterocycles. The topological polar surface area (TPSA) is 25.8 Å². The highest BCUT2D eigenvalue weighted by molar-refractivity contribution is 6.19. The lowest BCUT2D eigenvalue weighted by molar-refractivity contribution is 1.16. The second-order valence-corrected chi connectivity index (χ2v) is 1.83. The van der Waals surface area contributed by atoms with Crippen LogP contribution in [0, 0.1) is 11.8 Å². The fourth-order valence-electron chi connectivity index (χ4n) is 0.499. The first-order valence-electron chi connectivity index (χ1n) is 2.73. The summed E-state index contributed by atoms with van der Waals surface area (Å²) >= 11 is 5.34. The molecule has 2 nitrogen and oxygen atoms in total. The van der Waals surface area contributed by atoms with E-state index in [0.717, 1.165) is 5.56 Å². The highest BCUT2D eigenvalue weighted by atomic mass is 35.5. The van der Waals surface area contributed by atoms with Crippen LogP contribution in [0.5, 0.6) is 0 Å². The number of hydrogen-bond acceptors (Lipinski definition) is 2. The van der Waals surface area contributed by atoms with Crippen molar-refractivity contribution < 1.29 is 0 Å². The van der Waals surface area contributed by atoms with Crippen molar-refractivity contribution in [3.63, 3.8) is 0 Å². The minimum atomic E-state index is 0.342. The smallest absolute Gasteiger partial charge is 0.115 e. The minimum absolute atomic E-state index is 0.342. The van der Waals surface area contributed by atoms with Crippen molar-refractivity contribution in [3.05, 3.63) is 24.3 Å². The quantitative estimate of drug-likeness (QED) is 0.411. The van der Waals surface area contributed by atoms with Crippen LogP contribution in [0.4, 0.5) is 0 Å². The summed E-state index contributed by atoms with van der Waals surface area (Å²) in [6.07, 6.45) is 4.75. The van der Waals surface area contributed by atoms with Crippen LogP contribution in [0.1, 0.15) is 5.56 Å². The van der Waals surface area contributed by atoms with Crippen molar-refractivity contribution in [2.75, 3.05) is 5.88 Å². The monoisotopic (exact) mass is 152 g/mol. The molecule has 0 unspecified atom stereocenters. The number of hydrogen-bond donors (Lipinski definition) is 0. The Labute approximate surface area is 64.3 Å². The second kappa shape index (κ2) is 3.86. The zero-order valence-corrected chi connectivity index (χ0v) is 5.97. The Balaban J connectivity index is 2.76. The lowest BCUT2D eigenvalue weighted by Gasteiger charge is -1.82. The summed E-state index contributed by atoms with van der Waals surface area (Å²) in [7, 11) is 0. The fourth-order valence-corrected chi connectivity index (χ4v) is 0.566. The molecule has 0 bridgehead atoms. The van der Waals surface area contributed by atoms with Crippen LogP contribution < -0.4 is 0 Å². The zero-order valence-electron chi connectivity index (χ0n) is 5.21. The van der Waals surface area contributed by atoms with Crippen LogP contribution in [0.3, 0.4) is 0 Å². The van der Waals surface area contributed by atoms with Crippen molar-refractivity contribution in [1.82, 2.24) is 9.97 Å². The zero-order chi connectivity index (χ0) is 7.23. The maximum atomic E-state index is 5.34. The van der Waals surface area contributed by atoms with Crippen LogP contribution >= 0.6 is 11.6 Å². The molecule has 1 aromatic heterocycles. The summed E-state index contributed by atoms with van der Waals surface area (Å²) in [4.78, 5) is 7.56. The molecule has 0 saturated carbocycles. The largest absolute Gasteiger partial charge is 0.244 e. The third kappa shape index (κ3) is 2.04. The van der Waals surface area contributed by atoms with Crippen LogP contribution in [0.15, 0.2) is 18.7 Å². The first kappa shape index (κ1) is 7.04. The Morgan fingerprint density at radius 2 is 2.10 bits per heavy atom. The van der Waals surface area contributed by atoms with Crippen LogP contribution in [-0.2, 0) is 0 Å². The van der Waals surface area contributed by atoms with Gasteiger partial charge in [-0.15, -0.1) is 11.6 Å². The molecular formula is C7H5ClN2. The first-order valence-corrected chi connectivity index (χ1v) is 3.27. The van der Waals surface area contributed by atoms with Gasteiger partial charge in [-0.2, -0.15) is 0 Å². The first-order chi connectivity index (χ1) is 4.93. The summed E-state index contributed by atoms with van der Waals surface area (Å²) in [6, 6.07) is 0. The van der Waals surface area contributed by atoms with E-state index in [1.165, 1.54) is 6.33 Å². The van der Waals surface area contributed by atoms with Crippen molar-refractivity contribution in [3.8, 4) is 11.8 Å². The predicted molar refractivity (Wildman–Crippen MR) is 39.6 cm³/mol. The van der Waals surface area contributed by atoms with Gasteiger partial charge in [0.05, 0.1) is 11.4 Å². The SMILES string of the molecule is ClCC#Cc1cncnc1. The van der Waals surface area contributed by atoms with E-state index in [-0.39, 0.29) is 0 Å². The van der Waals surface area contributed by atoms with Gasteiger partial charge in [0.1, 0.15) is 6.33 Å². The van der Waals surface area contributed by atoms with Gasteiger partial charge < -0.3 is 0 Å². The average Bonchev–Trinajstić information content (AvgIpc) is 2.03. The number of nitrogens with zero attached hydrogens (tertiary/aromatic N) is 2. The summed E-state index contributed by atoms with van der Waals surface area (Å²) in [5.41, 5.74) is 0.795. The fraction of sp³-hybridized carbons (Fsp3) is 0.143. The van der Waals surface area contributed by atoms with Gasteiger partial charge in [0.15, 0.2) is 0 Å². The van der Waals surface area contributed by atoms with E-state index >= 15 is 0 Å². The third-order valence-electron chi connectivity index (χ3n) is 0.860. The Morgan fingerprint density at radius 3 is 2.70 bits per heavy atom. The molecular weight excluding hydrogens is 148 g/mol. The van der Waals surface area contributed by atoms with Gasteiger partial charge in [0, 0.05) is 12.4 Å². The molecule has 0 fully saturated rings. The number of alkyl halides is 1. The van der Waals surface area contributed by atoms with E-state index in [9.17, 15) is 0 Å². The Hall–Kier alpha value is -1.07. The molecule has 0 radical (unpaired) electrons. The molecule has 10 heavy (non-hydrogen) atoms. The molecule has 1 rings (SSSR count). The highest BCUT2D eigenvalue weighted by Gasteiger charge is 1.81. The molecule has 0 aliphatic carbocycles. The lowest BCUT2D eigenvalue weighted by atomic mass is 10.3. The third-order valence-corrected chi connectivity index (χ3v) is 0.994. The van der Waals surface area contributed by atoms with Gasteiger partial charge in [0.25, 0.3) is 0 Å². The van der Waals surface area contributed by atoms with E-state index in [1.54, 1.807) is 12.4 Å². The van der Waals surface area contributed by atoms with E-state index in [1.807, 2.05) is 0 Å². The second-order valence-electron chi connectivity index (χ2n) is 1.56. The molecule has 1 aromatic rings. The normalized spacial score (nSPS) is 8.10. The van der Waals surface area contributed by atoms with Gasteiger partial charge >= 0.3 is 0 Å². The average molecular weight is 153 g/mol. The molecule has 0 amide bonds. The van der Waals surface area contributed by atoms with Crippen molar-refractivity contribution in [2.24, 2.45) is 0 Å². The van der Waals surface area contributed by atoms with Gasteiger partial charge in [-0.3, -0.25) is 0 Å². The standard InChI is InChI=1S/C7H5ClN2/c8-3-1-2-7-4-9-6-10-5-7/h4-6H,3H2. The molecule has 1 heterocycles. The van der Waals surface area contributed by atoms with Gasteiger partial charge in [-0.05, 0) is 0 Å². The summed E-state index contributed by atoms with van der Waals surface area (Å²) in [6.45, 7) is 0. The molecule has 50 valence electrons. The molecule has 0 atom stereocenters. The highest BCUT2D eigenvalue weighted by Crippen LogP contribution is 1.87. The van der Waals surface area contributed by atoms with Crippen molar-refractivity contribution >= 4 is 11.6 Å². The summed E-state index contributed by atoms with van der Waals surface area (Å²) in [5.74, 6) is 5.83. The number of halogens is 1. The summed E-state index contributed by atoms with van der Waals surface area (Å²) in [5, 5.41) is 0. The predicted octanol–water partition coefficient (Wildman–Crippen LogP) is 1.07. The molecule has 0 saturated heterocycles. The van der Waals surface area contributed by atoms with E-state index < -0.39 is 0 Å². The Morgan fingerprint density at radius 1 is 1.40 bits per heavy atom. The van der Waals surface area contributed by atoms with E-state index in [2.05, 4.69) is 21.8 Å². The summed E-state index contributed by atoms with van der Waals surface area (Å²) < 4.78 is 0. The van der Waals surface area contributed by atoms with Crippen LogP contribution in [0.25, 0.3) is 0 Å². The molecule has 0 spiro atoms. The van der Waals surface area contributed by atoms with Crippen LogP contribution in [-0.4, -0.2) is 15.8 Å². The Bertz CT molecular complexity index is 247. The van der Waals surface area contributed by atoms with Crippen LogP contribution in [0.2, 0.25) is 0 Å². The molecule has 3 heteroatoms. The van der Waals surface area contributed by atoms with Crippen molar-refractivity contribution in [1.29, 1.82) is 0 Å². The van der Waals surface area contributed by atoms with E-state index in [0.29, 0.717) is 5.88 Å². The maximum Gasteiger partial charge on any atom is 0.115 e. The number of aromatic nitrogens is 2. The molecule has 0 aliphatic rings. The van der Waals surface area contributed by atoms with Gasteiger partial charge in [-0.1, -0.05) is 11.8 Å². The molecule has 0 aromatic carbocycles. The maximum absolute atomic E-state index is 5.34. The lowest BCUT2D eigenvalue weighted by Crippen LogP contribution is -1.79. The Kier molecular flexibility index (Phi) is 2.72. The van der Waals surface area contributed by atoms with Gasteiger partial charge in [0.2, 0.25) is 0 Å². The van der Waals surface area contributed by atoms with Crippen molar-refractivity contribution in [2.45, 2.75) is 0 Å². The minimum Gasteiger partial charge on any atom is -0.244 e. The van der Waals surface area contributed by atoms with Gasteiger partial charge in [-0.25, -0.2) is 9.97 Å². The number of rotatable bonds is 0.